The summed E-state index contributed by atoms with van der Waals surface area (Å²) in [5, 5.41) is 4.47. The van der Waals surface area contributed by atoms with Crippen LogP contribution in [-0.2, 0) is 4.74 Å². The number of hydrogen-bond donors (Lipinski definition) is 0. The average molecular weight is 214 g/mol. The van der Waals surface area contributed by atoms with E-state index in [1.165, 1.54) is 0 Å². The van der Waals surface area contributed by atoms with E-state index in [0.29, 0.717) is 0 Å². The third-order valence-electron chi connectivity index (χ3n) is 2.28. The molecule has 2 aromatic rings. The molecule has 16 heavy (non-hydrogen) atoms. The molecule has 0 aliphatic rings. The van der Waals surface area contributed by atoms with Crippen molar-refractivity contribution in [2.24, 2.45) is 0 Å². The summed E-state index contributed by atoms with van der Waals surface area (Å²) in [5.41, 5.74) is 3.06. The van der Waals surface area contributed by atoms with E-state index < -0.39 is 0 Å². The van der Waals surface area contributed by atoms with E-state index in [-0.39, 0.29) is 0 Å². The van der Waals surface area contributed by atoms with Crippen LogP contribution in [0.3, 0.4) is 0 Å². The number of ether oxygens (including phenoxy) is 1. The molecule has 3 nitrogen and oxygen atoms in total. The molecular weight excluding hydrogens is 200 g/mol. The van der Waals surface area contributed by atoms with Crippen LogP contribution >= 0.6 is 0 Å². The van der Waals surface area contributed by atoms with Crippen molar-refractivity contribution in [1.29, 1.82) is 0 Å². The summed E-state index contributed by atoms with van der Waals surface area (Å²) in [6.07, 6.45) is 3.46. The largest absolute Gasteiger partial charge is 0.504 e. The highest BCUT2D eigenvalue weighted by Gasteiger charge is 2.03. The van der Waals surface area contributed by atoms with Crippen molar-refractivity contribution in [1.82, 2.24) is 9.78 Å². The Morgan fingerprint density at radius 3 is 2.69 bits per heavy atom. The molecule has 82 valence electrons. The topological polar surface area (TPSA) is 27.1 Å². The average Bonchev–Trinajstić information content (AvgIpc) is 2.69. The van der Waals surface area contributed by atoms with Crippen LogP contribution in [0.5, 0.6) is 0 Å². The van der Waals surface area contributed by atoms with E-state index in [4.69, 9.17) is 4.74 Å². The van der Waals surface area contributed by atoms with Gasteiger partial charge in [-0.2, -0.15) is 5.10 Å². The fourth-order valence-corrected chi connectivity index (χ4v) is 1.55. The van der Waals surface area contributed by atoms with Crippen LogP contribution in [0.25, 0.3) is 11.8 Å². The molecule has 0 bridgehead atoms. The SMILES string of the molecule is COC=Cc1cc(C)n(-c2ccccc2)n1. The first-order chi connectivity index (χ1) is 7.81. The quantitative estimate of drug-likeness (QED) is 0.734. The second-order valence-electron chi connectivity index (χ2n) is 3.50. The number of rotatable bonds is 3. The van der Waals surface area contributed by atoms with Crippen molar-refractivity contribution in [3.63, 3.8) is 0 Å². The Bertz CT molecular complexity index is 486. The molecule has 0 amide bonds. The molecule has 0 saturated carbocycles. The minimum atomic E-state index is 0.892. The molecule has 0 saturated heterocycles. The fraction of sp³-hybridized carbons (Fsp3) is 0.154. The van der Waals surface area contributed by atoms with Gasteiger partial charge < -0.3 is 4.74 Å². The van der Waals surface area contributed by atoms with Gasteiger partial charge in [0.1, 0.15) is 0 Å². The van der Waals surface area contributed by atoms with Crippen molar-refractivity contribution in [2.75, 3.05) is 7.11 Å². The molecule has 2 rings (SSSR count). The maximum Gasteiger partial charge on any atom is 0.0888 e. The summed E-state index contributed by atoms with van der Waals surface area (Å²) in [6.45, 7) is 2.03. The molecule has 0 fully saturated rings. The zero-order valence-electron chi connectivity index (χ0n) is 9.42. The van der Waals surface area contributed by atoms with Crippen LogP contribution in [0.2, 0.25) is 0 Å². The Morgan fingerprint density at radius 2 is 2.00 bits per heavy atom. The van der Waals surface area contributed by atoms with E-state index in [2.05, 4.69) is 5.10 Å². The van der Waals surface area contributed by atoms with Crippen molar-refractivity contribution < 1.29 is 4.74 Å². The number of para-hydroxylation sites is 1. The molecule has 0 aliphatic heterocycles. The Hall–Kier alpha value is -2.03. The van der Waals surface area contributed by atoms with Crippen LogP contribution in [-0.4, -0.2) is 16.9 Å². The zero-order valence-corrected chi connectivity index (χ0v) is 9.42. The predicted octanol–water partition coefficient (Wildman–Crippen LogP) is 2.80. The van der Waals surface area contributed by atoms with Gasteiger partial charge in [-0.05, 0) is 25.1 Å². The van der Waals surface area contributed by atoms with Crippen LogP contribution < -0.4 is 0 Å². The second kappa shape index (κ2) is 4.66. The van der Waals surface area contributed by atoms with E-state index in [0.717, 1.165) is 17.1 Å². The highest BCUT2D eigenvalue weighted by atomic mass is 16.5. The lowest BCUT2D eigenvalue weighted by atomic mass is 10.3. The molecule has 0 N–H and O–H groups in total. The molecule has 0 aliphatic carbocycles. The molecule has 0 unspecified atom stereocenters. The zero-order chi connectivity index (χ0) is 11.4. The van der Waals surface area contributed by atoms with Gasteiger partial charge in [0.2, 0.25) is 0 Å². The molecule has 0 atom stereocenters. The van der Waals surface area contributed by atoms with Gasteiger partial charge in [0.05, 0.1) is 24.8 Å². The molecule has 0 spiro atoms. The van der Waals surface area contributed by atoms with Crippen LogP contribution in [0, 0.1) is 6.92 Å². The van der Waals surface area contributed by atoms with Crippen LogP contribution in [0.15, 0.2) is 42.7 Å². The van der Waals surface area contributed by atoms with Gasteiger partial charge in [-0.15, -0.1) is 0 Å². The molecular formula is C13H14N2O. The third kappa shape index (κ3) is 2.14. The highest BCUT2D eigenvalue weighted by molar-refractivity contribution is 5.45. The monoisotopic (exact) mass is 214 g/mol. The molecule has 0 radical (unpaired) electrons. The number of nitrogens with zero attached hydrogens (tertiary/aromatic N) is 2. The van der Waals surface area contributed by atoms with Gasteiger partial charge in [-0.25, -0.2) is 4.68 Å². The van der Waals surface area contributed by atoms with Crippen LogP contribution in [0.4, 0.5) is 0 Å². The first-order valence-corrected chi connectivity index (χ1v) is 5.12. The normalized spacial score (nSPS) is 10.9. The third-order valence-corrected chi connectivity index (χ3v) is 2.28. The summed E-state index contributed by atoms with van der Waals surface area (Å²) < 4.78 is 6.78. The smallest absolute Gasteiger partial charge is 0.0888 e. The minimum absolute atomic E-state index is 0.892. The Kier molecular flexibility index (Phi) is 3.05. The summed E-state index contributed by atoms with van der Waals surface area (Å²) in [7, 11) is 1.62. The molecule has 1 heterocycles. The van der Waals surface area contributed by atoms with Gasteiger partial charge in [-0.1, -0.05) is 18.2 Å². The van der Waals surface area contributed by atoms with Crippen molar-refractivity contribution in [3.05, 3.63) is 54.0 Å². The fourth-order valence-electron chi connectivity index (χ4n) is 1.55. The van der Waals surface area contributed by atoms with Gasteiger partial charge in [0, 0.05) is 11.8 Å². The first kappa shape index (κ1) is 10.5. The van der Waals surface area contributed by atoms with Gasteiger partial charge in [-0.3, -0.25) is 0 Å². The van der Waals surface area contributed by atoms with E-state index >= 15 is 0 Å². The number of aromatic nitrogens is 2. The number of benzene rings is 1. The molecule has 3 heteroatoms. The van der Waals surface area contributed by atoms with Gasteiger partial charge in [0.25, 0.3) is 0 Å². The van der Waals surface area contributed by atoms with Crippen molar-refractivity contribution >= 4 is 6.08 Å². The summed E-state index contributed by atoms with van der Waals surface area (Å²) in [6, 6.07) is 12.1. The van der Waals surface area contributed by atoms with Crippen molar-refractivity contribution in [2.45, 2.75) is 6.92 Å². The molecule has 1 aromatic heterocycles. The predicted molar refractivity (Wildman–Crippen MR) is 64.3 cm³/mol. The van der Waals surface area contributed by atoms with Gasteiger partial charge in [0.15, 0.2) is 0 Å². The summed E-state index contributed by atoms with van der Waals surface area (Å²) in [4.78, 5) is 0. The maximum absolute atomic E-state index is 4.87. The number of hydrogen-bond acceptors (Lipinski definition) is 2. The summed E-state index contributed by atoms with van der Waals surface area (Å²) in [5.74, 6) is 0. The first-order valence-electron chi connectivity index (χ1n) is 5.12. The van der Waals surface area contributed by atoms with Gasteiger partial charge >= 0.3 is 0 Å². The van der Waals surface area contributed by atoms with Crippen LogP contribution in [0.1, 0.15) is 11.4 Å². The Balaban J connectivity index is 2.36. The maximum atomic E-state index is 4.87. The summed E-state index contributed by atoms with van der Waals surface area (Å²) >= 11 is 0. The van der Waals surface area contributed by atoms with Crippen molar-refractivity contribution in [3.8, 4) is 5.69 Å². The minimum Gasteiger partial charge on any atom is -0.504 e. The number of methoxy groups -OCH3 is 1. The highest BCUT2D eigenvalue weighted by Crippen LogP contribution is 2.12. The van der Waals surface area contributed by atoms with E-state index in [9.17, 15) is 0 Å². The lowest BCUT2D eigenvalue weighted by molar-refractivity contribution is 0.341. The second-order valence-corrected chi connectivity index (χ2v) is 3.50. The lowest BCUT2D eigenvalue weighted by Gasteiger charge is -2.02. The lowest BCUT2D eigenvalue weighted by Crippen LogP contribution is -1.97. The Labute approximate surface area is 95.0 Å². The van der Waals surface area contributed by atoms with E-state index in [1.54, 1.807) is 13.4 Å². The Morgan fingerprint density at radius 1 is 1.25 bits per heavy atom. The van der Waals surface area contributed by atoms with E-state index in [1.807, 2.05) is 54.1 Å². The standard InChI is InChI=1S/C13H14N2O/c1-11-10-12(8-9-16-2)14-15(11)13-6-4-3-5-7-13/h3-10H,1-2H3. The molecule has 1 aromatic carbocycles. The number of aryl methyl sites for hydroxylation is 1.